The number of nitrogens with zero attached hydrogens (tertiary/aromatic N) is 1. The van der Waals surface area contributed by atoms with Gasteiger partial charge >= 0.3 is 0 Å². The van der Waals surface area contributed by atoms with Crippen LogP contribution in [-0.4, -0.2) is 14.5 Å². The van der Waals surface area contributed by atoms with Crippen molar-refractivity contribution < 1.29 is 8.76 Å². The molecule has 0 aliphatic carbocycles. The first-order valence-corrected chi connectivity index (χ1v) is 6.30. The highest BCUT2D eigenvalue weighted by Crippen LogP contribution is 2.39. The van der Waals surface area contributed by atoms with Crippen molar-refractivity contribution in [3.8, 4) is 0 Å². The molecular formula is C12H15NO2S. The van der Waals surface area contributed by atoms with Crippen LogP contribution in [0.4, 0.5) is 5.69 Å². The molecule has 0 bridgehead atoms. The van der Waals surface area contributed by atoms with Crippen LogP contribution < -0.4 is 0 Å². The van der Waals surface area contributed by atoms with Crippen LogP contribution in [0.1, 0.15) is 32.8 Å². The summed E-state index contributed by atoms with van der Waals surface area (Å²) < 4.78 is 20.1. The predicted molar refractivity (Wildman–Crippen MR) is 65.9 cm³/mol. The standard InChI is InChI=1S/C12H15NO2S/c1-8-7-12(2,3)10-6-9(16(14)15)4-5-11(10)13-8/h4-6H,7H2,1-3H3,(H,14,15). The van der Waals surface area contributed by atoms with E-state index in [1.807, 2.05) is 13.0 Å². The SMILES string of the molecule is CC1=Nc2ccc(S(=O)O)cc2C(C)(C)C1. The van der Waals surface area contributed by atoms with Crippen LogP contribution in [-0.2, 0) is 16.5 Å². The average molecular weight is 237 g/mol. The van der Waals surface area contributed by atoms with Gasteiger partial charge in [-0.25, -0.2) is 4.21 Å². The topological polar surface area (TPSA) is 49.7 Å². The van der Waals surface area contributed by atoms with Gasteiger partial charge in [-0.2, -0.15) is 0 Å². The lowest BCUT2D eigenvalue weighted by Crippen LogP contribution is -2.24. The fourth-order valence-corrected chi connectivity index (χ4v) is 2.65. The monoisotopic (exact) mass is 237 g/mol. The fraction of sp³-hybridized carbons (Fsp3) is 0.417. The Bertz CT molecular complexity index is 492. The molecule has 2 rings (SSSR count). The molecule has 0 radical (unpaired) electrons. The van der Waals surface area contributed by atoms with Crippen LogP contribution in [0.5, 0.6) is 0 Å². The first-order chi connectivity index (χ1) is 7.40. The third-order valence-electron chi connectivity index (χ3n) is 2.91. The van der Waals surface area contributed by atoms with E-state index in [-0.39, 0.29) is 5.41 Å². The first kappa shape index (κ1) is 11.5. The van der Waals surface area contributed by atoms with Crippen LogP contribution in [0.3, 0.4) is 0 Å². The largest absolute Gasteiger partial charge is 0.302 e. The molecule has 0 saturated carbocycles. The second-order valence-electron chi connectivity index (χ2n) is 4.84. The molecule has 0 spiro atoms. The Morgan fingerprint density at radius 3 is 2.75 bits per heavy atom. The molecule has 4 heteroatoms. The maximum atomic E-state index is 11.0. The fourth-order valence-electron chi connectivity index (χ4n) is 2.24. The molecule has 1 heterocycles. The number of rotatable bonds is 1. The molecule has 1 aromatic rings. The van der Waals surface area contributed by atoms with Gasteiger partial charge in [0.05, 0.1) is 10.6 Å². The third kappa shape index (κ3) is 1.95. The maximum absolute atomic E-state index is 11.0. The van der Waals surface area contributed by atoms with Crippen LogP contribution in [0.15, 0.2) is 28.1 Å². The molecule has 1 aliphatic heterocycles. The molecule has 86 valence electrons. The van der Waals surface area contributed by atoms with Crippen molar-refractivity contribution in [1.29, 1.82) is 0 Å². The predicted octanol–water partition coefficient (Wildman–Crippen LogP) is 3.04. The van der Waals surface area contributed by atoms with Gasteiger partial charge in [0.15, 0.2) is 11.1 Å². The van der Waals surface area contributed by atoms with E-state index >= 15 is 0 Å². The van der Waals surface area contributed by atoms with Crippen LogP contribution in [0.25, 0.3) is 0 Å². The van der Waals surface area contributed by atoms with Gasteiger partial charge in [-0.15, -0.1) is 0 Å². The van der Waals surface area contributed by atoms with Crippen molar-refractivity contribution in [2.75, 3.05) is 0 Å². The van der Waals surface area contributed by atoms with Gasteiger partial charge in [0.25, 0.3) is 0 Å². The zero-order valence-electron chi connectivity index (χ0n) is 9.65. The third-order valence-corrected chi connectivity index (χ3v) is 3.57. The van der Waals surface area contributed by atoms with E-state index in [4.69, 9.17) is 4.55 Å². The first-order valence-electron chi connectivity index (χ1n) is 5.20. The Kier molecular flexibility index (Phi) is 2.72. The number of benzene rings is 1. The van der Waals surface area contributed by atoms with Crippen molar-refractivity contribution in [3.63, 3.8) is 0 Å². The van der Waals surface area contributed by atoms with Crippen molar-refractivity contribution in [1.82, 2.24) is 0 Å². The molecule has 1 aliphatic rings. The smallest absolute Gasteiger partial charge is 0.186 e. The number of aliphatic imine (C=N–C) groups is 1. The zero-order valence-corrected chi connectivity index (χ0v) is 10.5. The second kappa shape index (κ2) is 3.79. The van der Waals surface area contributed by atoms with E-state index in [2.05, 4.69) is 18.8 Å². The second-order valence-corrected chi connectivity index (χ2v) is 5.81. The summed E-state index contributed by atoms with van der Waals surface area (Å²) in [5.74, 6) is 0. The van der Waals surface area contributed by atoms with Gasteiger partial charge in [0, 0.05) is 5.71 Å². The van der Waals surface area contributed by atoms with Crippen molar-refractivity contribution in [2.45, 2.75) is 37.5 Å². The maximum Gasteiger partial charge on any atom is 0.186 e. The molecule has 3 nitrogen and oxygen atoms in total. The molecule has 16 heavy (non-hydrogen) atoms. The molecule has 1 unspecified atom stereocenters. The number of fused-ring (bicyclic) bond motifs is 1. The molecule has 1 aromatic carbocycles. The summed E-state index contributed by atoms with van der Waals surface area (Å²) in [6, 6.07) is 5.28. The normalized spacial score (nSPS) is 19.9. The minimum Gasteiger partial charge on any atom is -0.302 e. The molecule has 0 amide bonds. The Morgan fingerprint density at radius 2 is 2.12 bits per heavy atom. The summed E-state index contributed by atoms with van der Waals surface area (Å²) >= 11 is -1.92. The van der Waals surface area contributed by atoms with Crippen molar-refractivity contribution in [2.24, 2.45) is 4.99 Å². The molecule has 1 atom stereocenters. The Labute approximate surface area is 97.9 Å². The van der Waals surface area contributed by atoms with Crippen LogP contribution in [0.2, 0.25) is 0 Å². The number of hydrogen-bond donors (Lipinski definition) is 1. The quantitative estimate of drug-likeness (QED) is 0.763. The van der Waals surface area contributed by atoms with Gasteiger partial charge in [0.2, 0.25) is 0 Å². The number of hydrogen-bond acceptors (Lipinski definition) is 2. The molecule has 1 N–H and O–H groups in total. The molecule has 0 aromatic heterocycles. The van der Waals surface area contributed by atoms with Gasteiger partial charge in [-0.05, 0) is 42.5 Å². The van der Waals surface area contributed by atoms with Crippen LogP contribution in [0, 0.1) is 0 Å². The minimum atomic E-state index is -1.92. The van der Waals surface area contributed by atoms with Crippen LogP contribution >= 0.6 is 0 Å². The van der Waals surface area contributed by atoms with Gasteiger partial charge in [-0.1, -0.05) is 13.8 Å². The van der Waals surface area contributed by atoms with E-state index < -0.39 is 11.1 Å². The summed E-state index contributed by atoms with van der Waals surface area (Å²) in [6.45, 7) is 6.28. The van der Waals surface area contributed by atoms with Crippen molar-refractivity contribution >= 4 is 22.5 Å². The minimum absolute atomic E-state index is 0.0173. The van der Waals surface area contributed by atoms with Gasteiger partial charge < -0.3 is 4.55 Å². The summed E-state index contributed by atoms with van der Waals surface area (Å²) in [5, 5.41) is 0. The van der Waals surface area contributed by atoms with Crippen molar-refractivity contribution in [3.05, 3.63) is 23.8 Å². The average Bonchev–Trinajstić information content (AvgIpc) is 2.15. The van der Waals surface area contributed by atoms with E-state index in [9.17, 15) is 4.21 Å². The molecular weight excluding hydrogens is 222 g/mol. The highest BCUT2D eigenvalue weighted by Gasteiger charge is 2.28. The highest BCUT2D eigenvalue weighted by atomic mass is 32.2. The van der Waals surface area contributed by atoms with Gasteiger partial charge in [-0.3, -0.25) is 4.99 Å². The van der Waals surface area contributed by atoms with E-state index in [1.54, 1.807) is 12.1 Å². The van der Waals surface area contributed by atoms with E-state index in [0.29, 0.717) is 4.90 Å². The lowest BCUT2D eigenvalue weighted by Gasteiger charge is -2.30. The molecule has 0 saturated heterocycles. The summed E-state index contributed by atoms with van der Waals surface area (Å²) in [5.41, 5.74) is 3.06. The summed E-state index contributed by atoms with van der Waals surface area (Å²) in [7, 11) is 0. The Hall–Kier alpha value is -1.00. The van der Waals surface area contributed by atoms with E-state index in [1.165, 1.54) is 0 Å². The Morgan fingerprint density at radius 1 is 1.44 bits per heavy atom. The summed E-state index contributed by atoms with van der Waals surface area (Å²) in [6.07, 6.45) is 0.890. The Balaban J connectivity index is 2.61. The lowest BCUT2D eigenvalue weighted by molar-refractivity contribution is 0.539. The lowest BCUT2D eigenvalue weighted by atomic mass is 9.77. The van der Waals surface area contributed by atoms with E-state index in [0.717, 1.165) is 23.4 Å². The zero-order chi connectivity index (χ0) is 11.9. The summed E-state index contributed by atoms with van der Waals surface area (Å²) in [4.78, 5) is 4.92. The van der Waals surface area contributed by atoms with Gasteiger partial charge in [0.1, 0.15) is 0 Å². The molecule has 0 fully saturated rings. The highest BCUT2D eigenvalue weighted by molar-refractivity contribution is 7.79.